The Morgan fingerprint density at radius 1 is 1.13 bits per heavy atom. The lowest BCUT2D eigenvalue weighted by atomic mass is 10.0. The normalized spacial score (nSPS) is 16.2. The molecule has 3 aromatic rings. The standard InChI is InChI=1S/C24H26N4O2/c1-2-30-20-12-10-19(11-13-20)27-24(29)21-9-6-14-26-23(21)28-16-15-25-22(17-28)18-7-4-3-5-8-18/h3-14,22,25H,2,15-17H2,1H3,(H,27,29). The van der Waals surface area contributed by atoms with Crippen molar-refractivity contribution >= 4 is 17.4 Å². The molecule has 0 saturated carbocycles. The lowest BCUT2D eigenvalue weighted by molar-refractivity contribution is 0.102. The number of carbonyl (C=O) groups is 1. The van der Waals surface area contributed by atoms with Gasteiger partial charge in [0.05, 0.1) is 12.2 Å². The summed E-state index contributed by atoms with van der Waals surface area (Å²) >= 11 is 0. The Morgan fingerprint density at radius 3 is 2.70 bits per heavy atom. The topological polar surface area (TPSA) is 66.5 Å². The van der Waals surface area contributed by atoms with Crippen LogP contribution in [-0.2, 0) is 0 Å². The molecule has 6 nitrogen and oxygen atoms in total. The maximum atomic E-state index is 13.0. The molecule has 0 bridgehead atoms. The van der Waals surface area contributed by atoms with Crippen molar-refractivity contribution in [3.05, 3.63) is 84.1 Å². The lowest BCUT2D eigenvalue weighted by Crippen LogP contribution is -2.46. The molecule has 1 unspecified atom stereocenters. The number of pyridine rings is 1. The van der Waals surface area contributed by atoms with Gasteiger partial charge in [0.2, 0.25) is 0 Å². The fraction of sp³-hybridized carbons (Fsp3) is 0.250. The van der Waals surface area contributed by atoms with Crippen LogP contribution in [0.25, 0.3) is 0 Å². The van der Waals surface area contributed by atoms with E-state index in [0.717, 1.165) is 31.1 Å². The zero-order valence-corrected chi connectivity index (χ0v) is 17.0. The van der Waals surface area contributed by atoms with Gasteiger partial charge < -0.3 is 20.3 Å². The van der Waals surface area contributed by atoms with Gasteiger partial charge >= 0.3 is 0 Å². The average Bonchev–Trinajstić information content (AvgIpc) is 2.81. The van der Waals surface area contributed by atoms with Gasteiger partial charge in [-0.2, -0.15) is 0 Å². The maximum absolute atomic E-state index is 13.0. The third-order valence-electron chi connectivity index (χ3n) is 5.13. The van der Waals surface area contributed by atoms with E-state index in [9.17, 15) is 4.79 Å². The number of benzene rings is 2. The Balaban J connectivity index is 1.51. The van der Waals surface area contributed by atoms with E-state index in [-0.39, 0.29) is 11.9 Å². The number of hydrogen-bond acceptors (Lipinski definition) is 5. The number of hydrogen-bond donors (Lipinski definition) is 2. The number of nitrogens with zero attached hydrogens (tertiary/aromatic N) is 2. The van der Waals surface area contributed by atoms with Crippen LogP contribution in [-0.4, -0.2) is 37.1 Å². The third-order valence-corrected chi connectivity index (χ3v) is 5.13. The fourth-order valence-electron chi connectivity index (χ4n) is 3.68. The zero-order chi connectivity index (χ0) is 20.8. The number of carbonyl (C=O) groups excluding carboxylic acids is 1. The summed E-state index contributed by atoms with van der Waals surface area (Å²) in [5.41, 5.74) is 2.53. The molecule has 1 aromatic heterocycles. The van der Waals surface area contributed by atoms with E-state index in [1.807, 2.05) is 55.5 Å². The fourth-order valence-corrected chi connectivity index (χ4v) is 3.68. The Kier molecular flexibility index (Phi) is 6.25. The van der Waals surface area contributed by atoms with Crippen LogP contribution in [0.3, 0.4) is 0 Å². The van der Waals surface area contributed by atoms with Gasteiger partial charge in [-0.1, -0.05) is 30.3 Å². The van der Waals surface area contributed by atoms with Crippen LogP contribution in [0.2, 0.25) is 0 Å². The number of anilines is 2. The smallest absolute Gasteiger partial charge is 0.259 e. The lowest BCUT2D eigenvalue weighted by Gasteiger charge is -2.35. The molecule has 1 aliphatic rings. The van der Waals surface area contributed by atoms with Crippen molar-refractivity contribution in [2.75, 3.05) is 36.5 Å². The molecule has 0 radical (unpaired) electrons. The number of aromatic nitrogens is 1. The van der Waals surface area contributed by atoms with E-state index in [0.29, 0.717) is 18.0 Å². The molecule has 30 heavy (non-hydrogen) atoms. The predicted octanol–water partition coefficient (Wildman–Crippen LogP) is 3.88. The third kappa shape index (κ3) is 4.60. The Hall–Kier alpha value is -3.38. The maximum Gasteiger partial charge on any atom is 0.259 e. The molecule has 1 fully saturated rings. The van der Waals surface area contributed by atoms with Crippen molar-refractivity contribution in [2.24, 2.45) is 0 Å². The number of rotatable bonds is 6. The molecule has 1 amide bonds. The molecule has 0 spiro atoms. The highest BCUT2D eigenvalue weighted by molar-refractivity contribution is 6.07. The highest BCUT2D eigenvalue weighted by Gasteiger charge is 2.25. The molecule has 0 aliphatic carbocycles. The van der Waals surface area contributed by atoms with Crippen LogP contribution in [0.4, 0.5) is 11.5 Å². The first-order valence-corrected chi connectivity index (χ1v) is 10.3. The van der Waals surface area contributed by atoms with Crippen LogP contribution in [0.5, 0.6) is 5.75 Å². The van der Waals surface area contributed by atoms with E-state index < -0.39 is 0 Å². The quantitative estimate of drug-likeness (QED) is 0.655. The summed E-state index contributed by atoms with van der Waals surface area (Å²) < 4.78 is 5.46. The van der Waals surface area contributed by atoms with Gasteiger partial charge in [0.15, 0.2) is 0 Å². The summed E-state index contributed by atoms with van der Waals surface area (Å²) in [5, 5.41) is 6.53. The SMILES string of the molecule is CCOc1ccc(NC(=O)c2cccnc2N2CCNC(c3ccccc3)C2)cc1. The monoisotopic (exact) mass is 402 g/mol. The molecule has 2 N–H and O–H groups in total. The van der Waals surface area contributed by atoms with Gasteiger partial charge in [-0.05, 0) is 48.9 Å². The highest BCUT2D eigenvalue weighted by Crippen LogP contribution is 2.25. The number of nitrogens with one attached hydrogen (secondary N) is 2. The van der Waals surface area contributed by atoms with E-state index in [2.05, 4.69) is 32.7 Å². The molecule has 2 heterocycles. The second kappa shape index (κ2) is 9.41. The zero-order valence-electron chi connectivity index (χ0n) is 17.0. The molecule has 1 aliphatic heterocycles. The molecule has 1 saturated heterocycles. The number of amides is 1. The molecule has 4 rings (SSSR count). The van der Waals surface area contributed by atoms with Crippen molar-refractivity contribution in [1.29, 1.82) is 0 Å². The minimum absolute atomic E-state index is 0.169. The molecule has 6 heteroatoms. The van der Waals surface area contributed by atoms with Crippen molar-refractivity contribution in [2.45, 2.75) is 13.0 Å². The first kappa shape index (κ1) is 19.9. The minimum atomic E-state index is -0.169. The first-order valence-electron chi connectivity index (χ1n) is 10.3. The summed E-state index contributed by atoms with van der Waals surface area (Å²) in [6.45, 7) is 4.93. The van der Waals surface area contributed by atoms with E-state index in [1.165, 1.54) is 5.56 Å². The largest absolute Gasteiger partial charge is 0.494 e. The van der Waals surface area contributed by atoms with E-state index >= 15 is 0 Å². The van der Waals surface area contributed by atoms with Gasteiger partial charge in [0.1, 0.15) is 11.6 Å². The van der Waals surface area contributed by atoms with Gasteiger partial charge in [0.25, 0.3) is 5.91 Å². The summed E-state index contributed by atoms with van der Waals surface area (Å²) in [4.78, 5) is 19.7. The molecular weight excluding hydrogens is 376 g/mol. The van der Waals surface area contributed by atoms with Crippen molar-refractivity contribution in [3.63, 3.8) is 0 Å². The molecule has 1 atom stereocenters. The van der Waals surface area contributed by atoms with Gasteiger partial charge in [-0.25, -0.2) is 4.98 Å². The van der Waals surface area contributed by atoms with E-state index in [4.69, 9.17) is 4.74 Å². The average molecular weight is 402 g/mol. The van der Waals surface area contributed by atoms with Crippen LogP contribution < -0.4 is 20.3 Å². The number of piperazine rings is 1. The van der Waals surface area contributed by atoms with E-state index in [1.54, 1.807) is 12.3 Å². The second-order valence-electron chi connectivity index (χ2n) is 7.15. The second-order valence-corrected chi connectivity index (χ2v) is 7.15. The van der Waals surface area contributed by atoms with Gasteiger partial charge in [-0.15, -0.1) is 0 Å². The predicted molar refractivity (Wildman–Crippen MR) is 119 cm³/mol. The van der Waals surface area contributed by atoms with Crippen LogP contribution >= 0.6 is 0 Å². The van der Waals surface area contributed by atoms with Crippen molar-refractivity contribution in [3.8, 4) is 5.75 Å². The molecule has 154 valence electrons. The number of ether oxygens (including phenoxy) is 1. The van der Waals surface area contributed by atoms with Crippen molar-refractivity contribution < 1.29 is 9.53 Å². The summed E-state index contributed by atoms with van der Waals surface area (Å²) in [5.74, 6) is 1.32. The molecular formula is C24H26N4O2. The van der Waals surface area contributed by atoms with Gasteiger partial charge in [0, 0.05) is 37.6 Å². The minimum Gasteiger partial charge on any atom is -0.494 e. The summed E-state index contributed by atoms with van der Waals surface area (Å²) in [6, 6.07) is 21.6. The van der Waals surface area contributed by atoms with Crippen LogP contribution in [0.15, 0.2) is 72.9 Å². The van der Waals surface area contributed by atoms with Gasteiger partial charge in [-0.3, -0.25) is 4.79 Å². The Bertz CT molecular complexity index is 976. The van der Waals surface area contributed by atoms with Crippen molar-refractivity contribution in [1.82, 2.24) is 10.3 Å². The molecule has 2 aromatic carbocycles. The van der Waals surface area contributed by atoms with Crippen LogP contribution in [0, 0.1) is 0 Å². The summed E-state index contributed by atoms with van der Waals surface area (Å²) in [6.07, 6.45) is 1.74. The Morgan fingerprint density at radius 2 is 1.93 bits per heavy atom. The first-order chi connectivity index (χ1) is 14.7. The summed E-state index contributed by atoms with van der Waals surface area (Å²) in [7, 11) is 0. The Labute approximate surface area is 176 Å². The van der Waals surface area contributed by atoms with Crippen LogP contribution in [0.1, 0.15) is 28.9 Å². The highest BCUT2D eigenvalue weighted by atomic mass is 16.5.